The van der Waals surface area contributed by atoms with Gasteiger partial charge in [-0.3, -0.25) is 14.3 Å². The first-order valence-electron chi connectivity index (χ1n) is 5.47. The minimum absolute atomic E-state index is 0.153. The Bertz CT molecular complexity index is 613. The van der Waals surface area contributed by atoms with E-state index in [9.17, 15) is 9.59 Å². The molecule has 0 aromatic carbocycles. The Balaban J connectivity index is 2.13. The van der Waals surface area contributed by atoms with E-state index in [1.807, 2.05) is 6.92 Å². The molecule has 0 bridgehead atoms. The smallest absolute Gasteiger partial charge is 0.190 e. The summed E-state index contributed by atoms with van der Waals surface area (Å²) in [4.78, 5) is 28.6. The molecule has 6 heteroatoms. The topological polar surface area (TPSA) is 64.8 Å². The molecule has 0 N–H and O–H groups in total. The van der Waals surface area contributed by atoms with E-state index in [-0.39, 0.29) is 18.0 Å². The molecule has 18 heavy (non-hydrogen) atoms. The molecule has 2 aromatic rings. The van der Waals surface area contributed by atoms with Crippen molar-refractivity contribution in [3.8, 4) is 0 Å². The molecule has 94 valence electrons. The molecule has 0 atom stereocenters. The number of hydrogen-bond donors (Lipinski definition) is 0. The van der Waals surface area contributed by atoms with Crippen LogP contribution in [0.3, 0.4) is 0 Å². The Morgan fingerprint density at radius 3 is 2.56 bits per heavy atom. The van der Waals surface area contributed by atoms with Crippen LogP contribution in [-0.2, 0) is 7.05 Å². The highest BCUT2D eigenvalue weighted by Crippen LogP contribution is 2.19. The van der Waals surface area contributed by atoms with Crippen LogP contribution in [0.15, 0.2) is 12.3 Å². The van der Waals surface area contributed by atoms with Crippen LogP contribution in [0.4, 0.5) is 0 Å². The van der Waals surface area contributed by atoms with Crippen molar-refractivity contribution in [1.29, 1.82) is 0 Å². The van der Waals surface area contributed by atoms with Crippen LogP contribution in [-0.4, -0.2) is 26.3 Å². The second kappa shape index (κ2) is 4.81. The van der Waals surface area contributed by atoms with Gasteiger partial charge < -0.3 is 0 Å². The third-order valence-corrected chi connectivity index (χ3v) is 3.59. The fraction of sp³-hybridized carbons (Fsp3) is 0.333. The van der Waals surface area contributed by atoms with Crippen molar-refractivity contribution < 1.29 is 9.59 Å². The number of hydrogen-bond acceptors (Lipinski definition) is 5. The van der Waals surface area contributed by atoms with Crippen molar-refractivity contribution in [3.05, 3.63) is 33.5 Å². The van der Waals surface area contributed by atoms with E-state index in [0.29, 0.717) is 16.3 Å². The third kappa shape index (κ3) is 2.53. The van der Waals surface area contributed by atoms with Crippen molar-refractivity contribution in [2.24, 2.45) is 7.05 Å². The molecule has 2 rings (SSSR count). The lowest BCUT2D eigenvalue weighted by atomic mass is 10.1. The van der Waals surface area contributed by atoms with Gasteiger partial charge in [0.25, 0.3) is 0 Å². The van der Waals surface area contributed by atoms with Crippen LogP contribution >= 0.6 is 11.3 Å². The summed E-state index contributed by atoms with van der Waals surface area (Å²) in [5.74, 6) is -0.445. The number of Topliss-reactive ketones (excluding diaryl/α,β-unsaturated/α-hetero) is 2. The van der Waals surface area contributed by atoms with Crippen LogP contribution in [0.2, 0.25) is 0 Å². The number of carbonyl (C=O) groups is 2. The highest BCUT2D eigenvalue weighted by atomic mass is 32.1. The minimum atomic E-state index is -0.258. The molecule has 0 aliphatic heterocycles. The standard InChI is InChI=1S/C12H13N3O2S/c1-7-12(18-8(2)13-7)11(17)6-10(16)9-4-5-15(3)14-9/h4-5H,6H2,1-3H3. The molecule has 0 aliphatic rings. The molecule has 0 radical (unpaired) electrons. The van der Waals surface area contributed by atoms with Crippen molar-refractivity contribution in [2.75, 3.05) is 0 Å². The van der Waals surface area contributed by atoms with E-state index in [1.165, 1.54) is 11.3 Å². The van der Waals surface area contributed by atoms with E-state index in [2.05, 4.69) is 10.1 Å². The van der Waals surface area contributed by atoms with Crippen molar-refractivity contribution >= 4 is 22.9 Å². The van der Waals surface area contributed by atoms with Gasteiger partial charge in [0.15, 0.2) is 11.6 Å². The molecule has 0 fully saturated rings. The molecule has 2 heterocycles. The van der Waals surface area contributed by atoms with Gasteiger partial charge in [-0.05, 0) is 19.9 Å². The summed E-state index contributed by atoms with van der Waals surface area (Å²) in [6.45, 7) is 3.62. The second-order valence-electron chi connectivity index (χ2n) is 4.05. The summed E-state index contributed by atoms with van der Waals surface area (Å²) in [7, 11) is 1.73. The Hall–Kier alpha value is -1.82. The maximum atomic E-state index is 12.0. The highest BCUT2D eigenvalue weighted by Gasteiger charge is 2.19. The fourth-order valence-corrected chi connectivity index (χ4v) is 2.53. The summed E-state index contributed by atoms with van der Waals surface area (Å²) < 4.78 is 1.54. The zero-order valence-electron chi connectivity index (χ0n) is 10.4. The Kier molecular flexibility index (Phi) is 3.38. The highest BCUT2D eigenvalue weighted by molar-refractivity contribution is 7.13. The third-order valence-electron chi connectivity index (χ3n) is 2.48. The number of nitrogens with zero attached hydrogens (tertiary/aromatic N) is 3. The molecular weight excluding hydrogens is 250 g/mol. The number of ketones is 2. The maximum absolute atomic E-state index is 12.0. The van der Waals surface area contributed by atoms with E-state index in [0.717, 1.165) is 5.01 Å². The molecule has 0 saturated carbocycles. The number of aryl methyl sites for hydroxylation is 3. The number of aromatic nitrogens is 3. The quantitative estimate of drug-likeness (QED) is 0.624. The van der Waals surface area contributed by atoms with Crippen molar-refractivity contribution in [1.82, 2.24) is 14.8 Å². The molecule has 0 amide bonds. The average Bonchev–Trinajstić information content (AvgIpc) is 2.84. The molecule has 0 unspecified atom stereocenters. The molecule has 5 nitrogen and oxygen atoms in total. The second-order valence-corrected chi connectivity index (χ2v) is 5.25. The molecule has 2 aromatic heterocycles. The Labute approximate surface area is 108 Å². The normalized spacial score (nSPS) is 10.6. The molecule has 0 saturated heterocycles. The zero-order valence-corrected chi connectivity index (χ0v) is 11.2. The Morgan fingerprint density at radius 2 is 2.06 bits per heavy atom. The van der Waals surface area contributed by atoms with Gasteiger partial charge in [0.2, 0.25) is 0 Å². The van der Waals surface area contributed by atoms with Crippen molar-refractivity contribution in [2.45, 2.75) is 20.3 Å². The SMILES string of the molecule is Cc1nc(C)c(C(=O)CC(=O)c2ccn(C)n2)s1. The van der Waals surface area contributed by atoms with Gasteiger partial charge in [-0.15, -0.1) is 11.3 Å². The van der Waals surface area contributed by atoms with E-state index in [4.69, 9.17) is 0 Å². The van der Waals surface area contributed by atoms with Crippen LogP contribution < -0.4 is 0 Å². The van der Waals surface area contributed by atoms with Gasteiger partial charge in [0.1, 0.15) is 5.69 Å². The minimum Gasteiger partial charge on any atom is -0.293 e. The first-order valence-corrected chi connectivity index (χ1v) is 6.29. The van der Waals surface area contributed by atoms with E-state index >= 15 is 0 Å². The van der Waals surface area contributed by atoms with Gasteiger partial charge in [0, 0.05) is 13.2 Å². The van der Waals surface area contributed by atoms with Gasteiger partial charge in [-0.1, -0.05) is 0 Å². The zero-order chi connectivity index (χ0) is 13.3. The maximum Gasteiger partial charge on any atom is 0.190 e. The predicted octanol–water partition coefficient (Wildman–Crippen LogP) is 1.95. The monoisotopic (exact) mass is 263 g/mol. The lowest BCUT2D eigenvalue weighted by Gasteiger charge is -1.96. The lowest BCUT2D eigenvalue weighted by molar-refractivity contribution is 0.0893. The summed E-state index contributed by atoms with van der Waals surface area (Å²) in [5, 5.41) is 4.82. The van der Waals surface area contributed by atoms with Crippen molar-refractivity contribution in [3.63, 3.8) is 0 Å². The van der Waals surface area contributed by atoms with Crippen LogP contribution in [0.1, 0.15) is 37.3 Å². The number of rotatable bonds is 4. The van der Waals surface area contributed by atoms with Gasteiger partial charge in [-0.2, -0.15) is 5.10 Å². The molecule has 0 spiro atoms. The summed E-state index contributed by atoms with van der Waals surface area (Å²) in [6.07, 6.45) is 1.53. The lowest BCUT2D eigenvalue weighted by Crippen LogP contribution is -2.09. The predicted molar refractivity (Wildman–Crippen MR) is 68.1 cm³/mol. The number of thiazole rings is 1. The average molecular weight is 263 g/mol. The largest absolute Gasteiger partial charge is 0.293 e. The first kappa shape index (κ1) is 12.6. The van der Waals surface area contributed by atoms with Crippen LogP contribution in [0, 0.1) is 13.8 Å². The van der Waals surface area contributed by atoms with E-state index in [1.54, 1.807) is 30.9 Å². The Morgan fingerprint density at radius 1 is 1.33 bits per heavy atom. The van der Waals surface area contributed by atoms with Gasteiger partial charge in [-0.25, -0.2) is 4.98 Å². The van der Waals surface area contributed by atoms with Gasteiger partial charge in [0.05, 0.1) is 22.0 Å². The molecule has 0 aliphatic carbocycles. The molecular formula is C12H13N3O2S. The first-order chi connectivity index (χ1) is 8.47. The van der Waals surface area contributed by atoms with E-state index < -0.39 is 0 Å². The van der Waals surface area contributed by atoms with Crippen LogP contribution in [0.5, 0.6) is 0 Å². The fourth-order valence-electron chi connectivity index (χ4n) is 1.67. The summed E-state index contributed by atoms with van der Waals surface area (Å²) >= 11 is 1.33. The number of carbonyl (C=O) groups excluding carboxylic acids is 2. The summed E-state index contributed by atoms with van der Waals surface area (Å²) in [6, 6.07) is 1.61. The van der Waals surface area contributed by atoms with Crippen LogP contribution in [0.25, 0.3) is 0 Å². The summed E-state index contributed by atoms with van der Waals surface area (Å²) in [5.41, 5.74) is 1.01. The van der Waals surface area contributed by atoms with Gasteiger partial charge >= 0.3 is 0 Å².